The fraction of sp³-hybridized carbons (Fsp3) is 0.571. The Morgan fingerprint density at radius 2 is 1.52 bits per heavy atom. The summed E-state index contributed by atoms with van der Waals surface area (Å²) in [5.74, 6) is 0.0303. The topological polar surface area (TPSA) is 108 Å². The molecule has 0 aliphatic rings. The first kappa shape index (κ1) is 23.3. The molecule has 1 aromatic heterocycles. The van der Waals surface area contributed by atoms with E-state index in [2.05, 4.69) is 16.4 Å². The van der Waals surface area contributed by atoms with Crippen molar-refractivity contribution >= 4 is 16.8 Å². The molecule has 1 amide bonds. The molecule has 0 fully saturated rings. The van der Waals surface area contributed by atoms with Gasteiger partial charge in [0.2, 0.25) is 5.91 Å². The predicted octanol–water partition coefficient (Wildman–Crippen LogP) is 1.24. The molecule has 0 radical (unpaired) electrons. The number of carbonyl (C=O) groups is 1. The second-order valence-electron chi connectivity index (χ2n) is 6.45. The van der Waals surface area contributed by atoms with Gasteiger partial charge in [-0.05, 0) is 18.1 Å². The number of carbonyl (C=O) groups excluding carboxylic acids is 1. The van der Waals surface area contributed by atoms with Gasteiger partial charge in [-0.2, -0.15) is 0 Å². The molecule has 2 rings (SSSR count). The van der Waals surface area contributed by atoms with Crippen molar-refractivity contribution in [1.82, 2.24) is 10.3 Å². The molecular formula is C21H33N3O5. The fourth-order valence-electron chi connectivity index (χ4n) is 2.78. The first-order valence-electron chi connectivity index (χ1n) is 10.1. The van der Waals surface area contributed by atoms with Crippen LogP contribution in [0.3, 0.4) is 0 Å². The highest BCUT2D eigenvalue weighted by atomic mass is 16.6. The molecule has 2 aromatic rings. The molecule has 4 N–H and O–H groups in total. The number of aromatic nitrogens is 1. The van der Waals surface area contributed by atoms with Gasteiger partial charge in [0, 0.05) is 36.6 Å². The molecule has 1 heterocycles. The van der Waals surface area contributed by atoms with Crippen molar-refractivity contribution in [2.45, 2.75) is 12.8 Å². The minimum Gasteiger partial charge on any atom is -0.378 e. The van der Waals surface area contributed by atoms with E-state index < -0.39 is 0 Å². The molecule has 0 saturated heterocycles. The van der Waals surface area contributed by atoms with Crippen molar-refractivity contribution in [3.8, 4) is 0 Å². The highest BCUT2D eigenvalue weighted by Gasteiger charge is 2.06. The summed E-state index contributed by atoms with van der Waals surface area (Å²) < 4.78 is 21.4. The summed E-state index contributed by atoms with van der Waals surface area (Å²) in [7, 11) is 0. The van der Waals surface area contributed by atoms with Gasteiger partial charge in [-0.25, -0.2) is 0 Å². The van der Waals surface area contributed by atoms with Crippen molar-refractivity contribution in [2.75, 3.05) is 65.9 Å². The lowest BCUT2D eigenvalue weighted by atomic mass is 10.1. The van der Waals surface area contributed by atoms with E-state index in [1.54, 1.807) is 0 Å². The van der Waals surface area contributed by atoms with Gasteiger partial charge in [0.1, 0.15) is 0 Å². The van der Waals surface area contributed by atoms with Gasteiger partial charge in [-0.3, -0.25) is 4.79 Å². The molecule has 0 bridgehead atoms. The summed E-state index contributed by atoms with van der Waals surface area (Å²) in [6, 6.07) is 8.11. The number of amides is 1. The standard InChI is InChI=1S/C21H33N3O5/c22-7-9-26-11-13-28-15-16-29-14-12-27-10-8-23-21(25)6-5-18-17-24-20-4-2-1-3-19(18)20/h1-4,17,24H,5-16,22H2,(H,23,25). The van der Waals surface area contributed by atoms with Crippen molar-refractivity contribution < 1.29 is 23.7 Å². The van der Waals surface area contributed by atoms with Crippen LogP contribution in [0.4, 0.5) is 0 Å². The summed E-state index contributed by atoms with van der Waals surface area (Å²) in [4.78, 5) is 15.2. The van der Waals surface area contributed by atoms with Crippen LogP contribution in [0.2, 0.25) is 0 Å². The monoisotopic (exact) mass is 407 g/mol. The lowest BCUT2D eigenvalue weighted by Gasteiger charge is -2.08. The number of hydrogen-bond acceptors (Lipinski definition) is 6. The average molecular weight is 408 g/mol. The molecule has 1 aromatic carbocycles. The molecule has 29 heavy (non-hydrogen) atoms. The number of rotatable bonds is 17. The van der Waals surface area contributed by atoms with Crippen LogP contribution in [0.25, 0.3) is 10.9 Å². The number of para-hydroxylation sites is 1. The summed E-state index contributed by atoms with van der Waals surface area (Å²) >= 11 is 0. The minimum absolute atomic E-state index is 0.0303. The van der Waals surface area contributed by atoms with Crippen LogP contribution in [0.15, 0.2) is 30.5 Å². The number of nitrogens with one attached hydrogen (secondary N) is 2. The Morgan fingerprint density at radius 3 is 2.21 bits per heavy atom. The molecular weight excluding hydrogens is 374 g/mol. The Morgan fingerprint density at radius 1 is 0.897 bits per heavy atom. The van der Waals surface area contributed by atoms with E-state index in [4.69, 9.17) is 24.7 Å². The normalized spacial score (nSPS) is 11.2. The molecule has 0 atom stereocenters. The zero-order chi connectivity index (χ0) is 20.6. The van der Waals surface area contributed by atoms with E-state index in [0.717, 1.165) is 11.1 Å². The lowest BCUT2D eigenvalue weighted by Crippen LogP contribution is -2.27. The second kappa shape index (κ2) is 14.9. The fourth-order valence-corrected chi connectivity index (χ4v) is 2.78. The number of aryl methyl sites for hydroxylation is 1. The third kappa shape index (κ3) is 9.87. The number of nitrogens with two attached hydrogens (primary N) is 1. The number of aromatic amines is 1. The first-order chi connectivity index (χ1) is 14.3. The largest absolute Gasteiger partial charge is 0.378 e. The smallest absolute Gasteiger partial charge is 0.220 e. The van der Waals surface area contributed by atoms with Crippen LogP contribution < -0.4 is 11.1 Å². The van der Waals surface area contributed by atoms with Gasteiger partial charge in [-0.15, -0.1) is 0 Å². The van der Waals surface area contributed by atoms with E-state index in [0.29, 0.717) is 78.8 Å². The number of hydrogen-bond donors (Lipinski definition) is 3. The van der Waals surface area contributed by atoms with Crippen molar-refractivity contribution in [3.63, 3.8) is 0 Å². The second-order valence-corrected chi connectivity index (χ2v) is 6.45. The van der Waals surface area contributed by atoms with Gasteiger partial charge in [0.15, 0.2) is 0 Å². The van der Waals surface area contributed by atoms with Gasteiger partial charge >= 0.3 is 0 Å². The summed E-state index contributed by atoms with van der Waals surface area (Å²) in [6.07, 6.45) is 3.15. The van der Waals surface area contributed by atoms with Crippen LogP contribution in [-0.4, -0.2) is 76.8 Å². The van der Waals surface area contributed by atoms with Crippen LogP contribution in [0, 0.1) is 0 Å². The molecule has 8 nitrogen and oxygen atoms in total. The predicted molar refractivity (Wildman–Crippen MR) is 112 cm³/mol. The van der Waals surface area contributed by atoms with Crippen molar-refractivity contribution in [1.29, 1.82) is 0 Å². The molecule has 162 valence electrons. The van der Waals surface area contributed by atoms with E-state index >= 15 is 0 Å². The zero-order valence-electron chi connectivity index (χ0n) is 17.0. The number of ether oxygens (including phenoxy) is 4. The maximum atomic E-state index is 12.0. The Kier molecular flexibility index (Phi) is 12.0. The van der Waals surface area contributed by atoms with E-state index in [1.165, 1.54) is 5.39 Å². The van der Waals surface area contributed by atoms with E-state index in [1.807, 2.05) is 24.4 Å². The minimum atomic E-state index is 0.0303. The van der Waals surface area contributed by atoms with Crippen LogP contribution in [-0.2, 0) is 30.2 Å². The van der Waals surface area contributed by atoms with Crippen LogP contribution in [0.1, 0.15) is 12.0 Å². The third-order valence-corrected chi connectivity index (χ3v) is 4.24. The maximum absolute atomic E-state index is 12.0. The zero-order valence-corrected chi connectivity index (χ0v) is 17.0. The molecule has 0 unspecified atom stereocenters. The Balaban J connectivity index is 1.38. The van der Waals surface area contributed by atoms with Crippen LogP contribution in [0.5, 0.6) is 0 Å². The first-order valence-corrected chi connectivity index (χ1v) is 10.1. The Bertz CT molecular complexity index is 692. The average Bonchev–Trinajstić information content (AvgIpc) is 3.15. The molecule has 8 heteroatoms. The molecule has 0 aliphatic heterocycles. The van der Waals surface area contributed by atoms with Gasteiger partial charge in [-0.1, -0.05) is 18.2 Å². The lowest BCUT2D eigenvalue weighted by molar-refractivity contribution is -0.121. The highest BCUT2D eigenvalue weighted by molar-refractivity contribution is 5.84. The summed E-state index contributed by atoms with van der Waals surface area (Å²) in [5, 5.41) is 4.05. The number of fused-ring (bicyclic) bond motifs is 1. The molecule has 0 spiro atoms. The van der Waals surface area contributed by atoms with Crippen molar-refractivity contribution in [2.24, 2.45) is 5.73 Å². The number of benzene rings is 1. The summed E-state index contributed by atoms with van der Waals surface area (Å²) in [6.45, 7) is 5.18. The van der Waals surface area contributed by atoms with Crippen molar-refractivity contribution in [3.05, 3.63) is 36.0 Å². The quantitative estimate of drug-likeness (QED) is 0.341. The molecule has 0 saturated carbocycles. The van der Waals surface area contributed by atoms with Gasteiger partial charge in [0.25, 0.3) is 0 Å². The number of H-pyrrole nitrogens is 1. The van der Waals surface area contributed by atoms with E-state index in [9.17, 15) is 4.79 Å². The SMILES string of the molecule is NCCOCCOCCOCCOCCNC(=O)CCc1c[nH]c2ccccc12. The van der Waals surface area contributed by atoms with E-state index in [-0.39, 0.29) is 5.91 Å². The maximum Gasteiger partial charge on any atom is 0.220 e. The Labute approximate surface area is 172 Å². The summed E-state index contributed by atoms with van der Waals surface area (Å²) in [5.41, 5.74) is 7.57. The van der Waals surface area contributed by atoms with Gasteiger partial charge < -0.3 is 35.0 Å². The van der Waals surface area contributed by atoms with Crippen LogP contribution >= 0.6 is 0 Å². The Hall–Kier alpha value is -1.97. The van der Waals surface area contributed by atoms with Gasteiger partial charge in [0.05, 0.1) is 52.9 Å². The molecule has 0 aliphatic carbocycles. The highest BCUT2D eigenvalue weighted by Crippen LogP contribution is 2.18. The third-order valence-electron chi connectivity index (χ3n) is 4.24.